The van der Waals surface area contributed by atoms with Gasteiger partial charge in [0.15, 0.2) is 0 Å². The van der Waals surface area contributed by atoms with E-state index < -0.39 is 0 Å². The van der Waals surface area contributed by atoms with Crippen LogP contribution in [0.4, 0.5) is 20.6 Å². The zero-order valence-electron chi connectivity index (χ0n) is 12.9. The summed E-state index contributed by atoms with van der Waals surface area (Å²) in [6.45, 7) is 9.11. The smallest absolute Gasteiger partial charge is 0.319 e. The molecule has 6 heteroatoms. The second-order valence-corrected chi connectivity index (χ2v) is 5.45. The molecule has 1 aliphatic rings. The molecule has 1 heterocycles. The zero-order valence-corrected chi connectivity index (χ0v) is 12.9. The van der Waals surface area contributed by atoms with Crippen LogP contribution in [0, 0.1) is 5.82 Å². The van der Waals surface area contributed by atoms with Gasteiger partial charge in [-0.3, -0.25) is 0 Å². The molecule has 0 aromatic heterocycles. The van der Waals surface area contributed by atoms with E-state index >= 15 is 0 Å². The van der Waals surface area contributed by atoms with Crippen LogP contribution in [0.5, 0.6) is 0 Å². The molecule has 2 atom stereocenters. The van der Waals surface area contributed by atoms with Crippen LogP contribution in [0.1, 0.15) is 13.8 Å². The van der Waals surface area contributed by atoms with Gasteiger partial charge in [-0.1, -0.05) is 6.08 Å². The molecule has 1 aromatic carbocycles. The molecule has 0 radical (unpaired) electrons. The van der Waals surface area contributed by atoms with Gasteiger partial charge in [0.05, 0.1) is 17.9 Å². The maximum absolute atomic E-state index is 14.3. The van der Waals surface area contributed by atoms with E-state index in [2.05, 4.69) is 17.2 Å². The van der Waals surface area contributed by atoms with Gasteiger partial charge in [-0.05, 0) is 32.0 Å². The van der Waals surface area contributed by atoms with Crippen molar-refractivity contribution >= 4 is 17.4 Å². The van der Waals surface area contributed by atoms with Crippen LogP contribution in [0.15, 0.2) is 30.9 Å². The molecule has 0 aliphatic carbocycles. The topological polar surface area (TPSA) is 53.6 Å². The number of rotatable bonds is 4. The van der Waals surface area contributed by atoms with E-state index in [4.69, 9.17) is 4.74 Å². The number of morpholine rings is 1. The highest BCUT2D eigenvalue weighted by Gasteiger charge is 2.24. The third kappa shape index (κ3) is 4.21. The Labute approximate surface area is 130 Å². The molecule has 1 aromatic rings. The molecule has 1 aliphatic heterocycles. The van der Waals surface area contributed by atoms with E-state index in [1.165, 1.54) is 6.07 Å². The Hall–Kier alpha value is -2.08. The predicted octanol–water partition coefficient (Wildman–Crippen LogP) is 2.75. The average Bonchev–Trinajstić information content (AvgIpc) is 2.44. The van der Waals surface area contributed by atoms with Crippen molar-refractivity contribution in [2.75, 3.05) is 29.9 Å². The predicted molar refractivity (Wildman–Crippen MR) is 85.8 cm³/mol. The fourth-order valence-corrected chi connectivity index (χ4v) is 2.56. The summed E-state index contributed by atoms with van der Waals surface area (Å²) in [4.78, 5) is 13.5. The second kappa shape index (κ2) is 7.26. The first kappa shape index (κ1) is 16.3. The van der Waals surface area contributed by atoms with Gasteiger partial charge in [-0.2, -0.15) is 0 Å². The van der Waals surface area contributed by atoms with Crippen molar-refractivity contribution in [3.05, 3.63) is 36.7 Å². The number of hydrogen-bond acceptors (Lipinski definition) is 3. The van der Waals surface area contributed by atoms with E-state index in [0.29, 0.717) is 31.0 Å². The van der Waals surface area contributed by atoms with Gasteiger partial charge >= 0.3 is 6.03 Å². The van der Waals surface area contributed by atoms with E-state index in [-0.39, 0.29) is 24.1 Å². The van der Waals surface area contributed by atoms with E-state index in [1.54, 1.807) is 18.2 Å². The van der Waals surface area contributed by atoms with Crippen molar-refractivity contribution in [1.29, 1.82) is 0 Å². The second-order valence-electron chi connectivity index (χ2n) is 5.45. The SMILES string of the molecule is C=CCNC(=O)Nc1ccc(N2C[C@@H](C)O[C@@H](C)C2)c(F)c1. The average molecular weight is 307 g/mol. The monoisotopic (exact) mass is 307 g/mol. The van der Waals surface area contributed by atoms with Gasteiger partial charge in [-0.25, -0.2) is 9.18 Å². The lowest BCUT2D eigenvalue weighted by Crippen LogP contribution is -2.45. The van der Waals surface area contributed by atoms with Crippen LogP contribution >= 0.6 is 0 Å². The van der Waals surface area contributed by atoms with Crippen molar-refractivity contribution in [2.24, 2.45) is 0 Å². The normalized spacial score (nSPS) is 21.3. The Kier molecular flexibility index (Phi) is 5.38. The van der Waals surface area contributed by atoms with Crippen molar-refractivity contribution in [3.8, 4) is 0 Å². The minimum atomic E-state index is -0.388. The first-order valence-corrected chi connectivity index (χ1v) is 7.35. The Balaban J connectivity index is 2.06. The highest BCUT2D eigenvalue weighted by Crippen LogP contribution is 2.26. The third-order valence-corrected chi connectivity index (χ3v) is 3.37. The summed E-state index contributed by atoms with van der Waals surface area (Å²) in [5, 5.41) is 5.16. The number of ether oxygens (including phenoxy) is 1. The van der Waals surface area contributed by atoms with Crippen molar-refractivity contribution in [1.82, 2.24) is 5.32 Å². The highest BCUT2D eigenvalue weighted by atomic mass is 19.1. The van der Waals surface area contributed by atoms with Crippen molar-refractivity contribution in [2.45, 2.75) is 26.1 Å². The molecule has 2 N–H and O–H groups in total. The molecule has 1 saturated heterocycles. The maximum atomic E-state index is 14.3. The number of nitrogens with one attached hydrogen (secondary N) is 2. The van der Waals surface area contributed by atoms with Gasteiger partial charge < -0.3 is 20.3 Å². The Bertz CT molecular complexity index is 540. The van der Waals surface area contributed by atoms with Gasteiger partial charge in [-0.15, -0.1) is 6.58 Å². The number of anilines is 2. The lowest BCUT2D eigenvalue weighted by molar-refractivity contribution is -0.00539. The largest absolute Gasteiger partial charge is 0.372 e. The van der Waals surface area contributed by atoms with Crippen LogP contribution in [0.2, 0.25) is 0 Å². The minimum absolute atomic E-state index is 0.0608. The first-order chi connectivity index (χ1) is 10.5. The molecule has 2 amide bonds. The number of nitrogens with zero attached hydrogens (tertiary/aromatic N) is 1. The molecule has 120 valence electrons. The fraction of sp³-hybridized carbons (Fsp3) is 0.438. The zero-order chi connectivity index (χ0) is 16.1. The number of urea groups is 1. The summed E-state index contributed by atoms with van der Waals surface area (Å²) in [6.07, 6.45) is 1.69. The molecule has 0 spiro atoms. The standard InChI is InChI=1S/C16H22FN3O2/c1-4-7-18-16(21)19-13-5-6-15(14(17)8-13)20-9-11(2)22-12(3)10-20/h4-6,8,11-12H,1,7,9-10H2,2-3H3,(H2,18,19,21)/t11-,12+. The lowest BCUT2D eigenvalue weighted by atomic mass is 10.2. The summed E-state index contributed by atoms with van der Waals surface area (Å²) in [6, 6.07) is 4.31. The van der Waals surface area contributed by atoms with Gasteiger partial charge in [0.1, 0.15) is 5.82 Å². The van der Waals surface area contributed by atoms with E-state index in [1.807, 2.05) is 18.7 Å². The van der Waals surface area contributed by atoms with Gasteiger partial charge in [0, 0.05) is 25.3 Å². The highest BCUT2D eigenvalue weighted by molar-refractivity contribution is 5.89. The number of hydrogen-bond donors (Lipinski definition) is 2. The lowest BCUT2D eigenvalue weighted by Gasteiger charge is -2.37. The van der Waals surface area contributed by atoms with E-state index in [9.17, 15) is 9.18 Å². The number of halogens is 1. The fourth-order valence-electron chi connectivity index (χ4n) is 2.56. The molecular weight excluding hydrogens is 285 g/mol. The summed E-state index contributed by atoms with van der Waals surface area (Å²) in [5.41, 5.74) is 0.941. The van der Waals surface area contributed by atoms with E-state index in [0.717, 1.165) is 0 Å². The maximum Gasteiger partial charge on any atom is 0.319 e. The first-order valence-electron chi connectivity index (χ1n) is 7.35. The van der Waals surface area contributed by atoms with Crippen LogP contribution in [-0.4, -0.2) is 37.9 Å². The Morgan fingerprint density at radius 2 is 2.14 bits per heavy atom. The summed E-state index contributed by atoms with van der Waals surface area (Å²) in [5.74, 6) is -0.358. The Morgan fingerprint density at radius 3 is 2.73 bits per heavy atom. The summed E-state index contributed by atoms with van der Waals surface area (Å²) in [7, 11) is 0. The van der Waals surface area contributed by atoms with Crippen molar-refractivity contribution < 1.29 is 13.9 Å². The number of amides is 2. The minimum Gasteiger partial charge on any atom is -0.372 e. The molecule has 22 heavy (non-hydrogen) atoms. The third-order valence-electron chi connectivity index (χ3n) is 3.37. The summed E-state index contributed by atoms with van der Waals surface area (Å²) < 4.78 is 20.0. The molecule has 1 fully saturated rings. The van der Waals surface area contributed by atoms with Crippen LogP contribution in [0.3, 0.4) is 0 Å². The quantitative estimate of drug-likeness (QED) is 0.841. The molecule has 5 nitrogen and oxygen atoms in total. The number of benzene rings is 1. The van der Waals surface area contributed by atoms with Gasteiger partial charge in [0.2, 0.25) is 0 Å². The molecule has 2 rings (SSSR count). The van der Waals surface area contributed by atoms with Crippen LogP contribution < -0.4 is 15.5 Å². The Morgan fingerprint density at radius 1 is 1.45 bits per heavy atom. The molecule has 0 unspecified atom stereocenters. The van der Waals surface area contributed by atoms with Gasteiger partial charge in [0.25, 0.3) is 0 Å². The molecule has 0 bridgehead atoms. The summed E-state index contributed by atoms with van der Waals surface area (Å²) >= 11 is 0. The number of carbonyl (C=O) groups excluding carboxylic acids is 1. The molecular formula is C16H22FN3O2. The van der Waals surface area contributed by atoms with Crippen LogP contribution in [-0.2, 0) is 4.74 Å². The molecule has 0 saturated carbocycles. The van der Waals surface area contributed by atoms with Crippen LogP contribution in [0.25, 0.3) is 0 Å². The number of carbonyl (C=O) groups is 1. The van der Waals surface area contributed by atoms with Crippen molar-refractivity contribution in [3.63, 3.8) is 0 Å².